The van der Waals surface area contributed by atoms with Crippen molar-refractivity contribution < 1.29 is 31.1 Å². The van der Waals surface area contributed by atoms with Gasteiger partial charge in [-0.3, -0.25) is 9.48 Å². The Morgan fingerprint density at radius 3 is 2.25 bits per heavy atom. The predicted octanol–water partition coefficient (Wildman–Crippen LogP) is 5.32. The molecule has 1 atom stereocenters. The lowest BCUT2D eigenvalue weighted by Crippen LogP contribution is -2.16. The Morgan fingerprint density at radius 2 is 1.69 bits per heavy atom. The lowest BCUT2D eigenvalue weighted by molar-refractivity contribution is -0.143. The number of nitrogens with zero attached hydrogens (tertiary/aromatic N) is 6. The maximum atomic E-state index is 13.0. The van der Waals surface area contributed by atoms with Gasteiger partial charge < -0.3 is 0 Å². The topological polar surface area (TPSA) is 85.4 Å². The van der Waals surface area contributed by atoms with E-state index < -0.39 is 40.9 Å². The normalized spacial score (nSPS) is 13.5. The number of aromatic nitrogens is 4. The molecule has 3 aromatic rings. The van der Waals surface area contributed by atoms with Crippen molar-refractivity contribution in [1.29, 1.82) is 0 Å². The van der Waals surface area contributed by atoms with Crippen LogP contribution in [0.4, 0.5) is 32.2 Å². The number of carbonyl (C=O) groups excluding carboxylic acids is 1. The van der Waals surface area contributed by atoms with Gasteiger partial charge in [0.25, 0.3) is 5.91 Å². The van der Waals surface area contributed by atoms with E-state index in [1.807, 2.05) is 0 Å². The third-order valence-electron chi connectivity index (χ3n) is 4.17. The lowest BCUT2D eigenvalue weighted by Gasteiger charge is -2.13. The fourth-order valence-electron chi connectivity index (χ4n) is 2.57. The van der Waals surface area contributed by atoms with Crippen LogP contribution in [0.25, 0.3) is 11.4 Å². The molecule has 0 saturated carbocycles. The summed E-state index contributed by atoms with van der Waals surface area (Å²) in [7, 11) is 0. The van der Waals surface area contributed by atoms with E-state index in [1.54, 1.807) is 12.1 Å². The molecule has 3 rings (SSSR count). The van der Waals surface area contributed by atoms with Gasteiger partial charge in [0.1, 0.15) is 6.33 Å². The number of alkyl halides is 6. The highest BCUT2D eigenvalue weighted by Crippen LogP contribution is 2.38. The van der Waals surface area contributed by atoms with Gasteiger partial charge in [-0.2, -0.15) is 31.4 Å². The van der Waals surface area contributed by atoms with Crippen LogP contribution in [0.5, 0.6) is 0 Å². The molecule has 168 valence electrons. The first-order valence-electron chi connectivity index (χ1n) is 8.99. The Hall–Kier alpha value is -3.64. The van der Waals surface area contributed by atoms with Gasteiger partial charge in [0.05, 0.1) is 23.6 Å². The molecule has 1 aromatic carbocycles. The van der Waals surface area contributed by atoms with Crippen molar-refractivity contribution >= 4 is 11.7 Å². The van der Waals surface area contributed by atoms with E-state index in [4.69, 9.17) is 0 Å². The minimum atomic E-state index is -4.99. The van der Waals surface area contributed by atoms with Crippen molar-refractivity contribution in [3.63, 3.8) is 0 Å². The average molecular weight is 456 g/mol. The number of halogens is 6. The summed E-state index contributed by atoms with van der Waals surface area (Å²) in [5.74, 6) is -1.49. The molecule has 1 unspecified atom stereocenters. The molecular formula is C19H14F6N6O. The zero-order valence-electron chi connectivity index (χ0n) is 16.3. The van der Waals surface area contributed by atoms with Gasteiger partial charge in [0, 0.05) is 11.8 Å². The largest absolute Gasteiger partial charge is 0.416 e. The molecule has 0 N–H and O–H groups in total. The van der Waals surface area contributed by atoms with Gasteiger partial charge in [0.2, 0.25) is 0 Å². The van der Waals surface area contributed by atoms with Crippen molar-refractivity contribution in [1.82, 2.24) is 19.7 Å². The predicted molar refractivity (Wildman–Crippen MR) is 98.4 cm³/mol. The smallest absolute Gasteiger partial charge is 0.271 e. The van der Waals surface area contributed by atoms with E-state index >= 15 is 0 Å². The summed E-state index contributed by atoms with van der Waals surface area (Å²) < 4.78 is 79.4. The van der Waals surface area contributed by atoms with Crippen molar-refractivity contribution in [3.05, 3.63) is 60.0 Å². The van der Waals surface area contributed by atoms with Crippen molar-refractivity contribution in [2.45, 2.75) is 25.8 Å². The fraction of sp³-hybridized carbons (Fsp3) is 0.263. The monoisotopic (exact) mass is 456 g/mol. The third kappa shape index (κ3) is 5.74. The molecule has 32 heavy (non-hydrogen) atoms. The Labute approximate surface area is 176 Å². The summed E-state index contributed by atoms with van der Waals surface area (Å²) >= 11 is 0. The van der Waals surface area contributed by atoms with Gasteiger partial charge in [0.15, 0.2) is 11.6 Å². The highest BCUT2D eigenvalue weighted by molar-refractivity contribution is 5.78. The van der Waals surface area contributed by atoms with Crippen molar-refractivity contribution in [2.24, 2.45) is 16.1 Å². The summed E-state index contributed by atoms with van der Waals surface area (Å²) in [5, 5.41) is 11.1. The van der Waals surface area contributed by atoms with Gasteiger partial charge in [-0.15, -0.1) is 10.2 Å². The molecule has 0 aliphatic heterocycles. The highest BCUT2D eigenvalue weighted by atomic mass is 19.4. The molecule has 0 saturated heterocycles. The van der Waals surface area contributed by atoms with E-state index in [9.17, 15) is 31.1 Å². The first-order valence-corrected chi connectivity index (χ1v) is 8.99. The number of benzene rings is 1. The number of rotatable bonds is 5. The summed E-state index contributed by atoms with van der Waals surface area (Å²) in [6.45, 7) is 1.44. The van der Waals surface area contributed by atoms with Crippen LogP contribution in [-0.2, 0) is 23.7 Å². The zero-order valence-corrected chi connectivity index (χ0v) is 16.3. The molecule has 0 aliphatic rings. The molecule has 7 nitrogen and oxygen atoms in total. The Bertz CT molecular complexity index is 1090. The molecule has 0 spiro atoms. The molecule has 0 bridgehead atoms. The minimum absolute atomic E-state index is 0.0217. The van der Waals surface area contributed by atoms with E-state index in [1.165, 1.54) is 19.2 Å². The first kappa shape index (κ1) is 23.0. The second kappa shape index (κ2) is 8.85. The molecule has 0 radical (unpaired) electrons. The van der Waals surface area contributed by atoms with Crippen LogP contribution in [0.1, 0.15) is 18.1 Å². The van der Waals surface area contributed by atoms with Gasteiger partial charge in [-0.25, -0.2) is 9.97 Å². The summed E-state index contributed by atoms with van der Waals surface area (Å²) in [6, 6.07) is 5.94. The molecular weight excluding hydrogens is 442 g/mol. The summed E-state index contributed by atoms with van der Waals surface area (Å²) in [6.07, 6.45) is -7.41. The third-order valence-corrected chi connectivity index (χ3v) is 4.17. The molecule has 2 heterocycles. The number of carbonyl (C=O) groups is 1. The number of amides is 1. The summed E-state index contributed by atoms with van der Waals surface area (Å²) in [5.41, 5.74) is -3.41. The maximum absolute atomic E-state index is 13.0. The second-order valence-corrected chi connectivity index (χ2v) is 6.71. The summed E-state index contributed by atoms with van der Waals surface area (Å²) in [4.78, 5) is 19.8. The highest BCUT2D eigenvalue weighted by Gasteiger charge is 2.37. The van der Waals surface area contributed by atoms with Crippen LogP contribution in [0, 0.1) is 5.92 Å². The van der Waals surface area contributed by atoms with E-state index in [2.05, 4.69) is 25.3 Å². The standard InChI is InChI=1S/C19H14F6N6O/c1-11(17(32)29-28-15-4-2-3-5-26-15)9-31-10-27-16(30-31)12-6-13(18(20,21)22)8-14(7-12)19(23,24)25/h2-8,10-11H,9H2,1H3. The maximum Gasteiger partial charge on any atom is 0.416 e. The van der Waals surface area contributed by atoms with E-state index in [-0.39, 0.29) is 24.3 Å². The lowest BCUT2D eigenvalue weighted by atomic mass is 10.0. The fourth-order valence-corrected chi connectivity index (χ4v) is 2.57. The van der Waals surface area contributed by atoms with E-state index in [0.29, 0.717) is 12.1 Å². The minimum Gasteiger partial charge on any atom is -0.271 e. The van der Waals surface area contributed by atoms with E-state index in [0.717, 1.165) is 11.0 Å². The van der Waals surface area contributed by atoms with Gasteiger partial charge in [-0.1, -0.05) is 13.0 Å². The number of pyridine rings is 1. The van der Waals surface area contributed by atoms with Crippen LogP contribution >= 0.6 is 0 Å². The van der Waals surface area contributed by atoms with Crippen molar-refractivity contribution in [2.75, 3.05) is 0 Å². The molecule has 2 aromatic heterocycles. The number of hydrogen-bond acceptors (Lipinski definition) is 5. The first-order chi connectivity index (χ1) is 14.9. The zero-order chi connectivity index (χ0) is 23.5. The SMILES string of the molecule is CC(Cn1cnc(-c2cc(C(F)(F)F)cc(C(F)(F)F)c2)n1)C(=O)N=Nc1ccccn1. The van der Waals surface area contributed by atoms with Gasteiger partial charge >= 0.3 is 12.4 Å². The van der Waals surface area contributed by atoms with Crippen LogP contribution in [-0.4, -0.2) is 25.7 Å². The quantitative estimate of drug-likeness (QED) is 0.384. The van der Waals surface area contributed by atoms with Gasteiger partial charge in [-0.05, 0) is 30.3 Å². The van der Waals surface area contributed by atoms with Crippen LogP contribution < -0.4 is 0 Å². The number of azo groups is 1. The Kier molecular flexibility index (Phi) is 6.37. The van der Waals surface area contributed by atoms with Crippen LogP contribution in [0.3, 0.4) is 0 Å². The van der Waals surface area contributed by atoms with Crippen LogP contribution in [0.2, 0.25) is 0 Å². The van der Waals surface area contributed by atoms with Crippen LogP contribution in [0.15, 0.2) is 59.2 Å². The Morgan fingerprint density at radius 1 is 1.03 bits per heavy atom. The molecule has 0 fully saturated rings. The second-order valence-electron chi connectivity index (χ2n) is 6.71. The number of hydrogen-bond donors (Lipinski definition) is 0. The average Bonchev–Trinajstić information content (AvgIpc) is 3.19. The molecule has 13 heteroatoms. The Balaban J connectivity index is 1.79. The molecule has 0 aliphatic carbocycles. The molecule has 1 amide bonds. The van der Waals surface area contributed by atoms with Crippen molar-refractivity contribution in [3.8, 4) is 11.4 Å².